The van der Waals surface area contributed by atoms with Crippen LogP contribution in [0.3, 0.4) is 0 Å². The first-order valence-electron chi connectivity index (χ1n) is 11.2. The van der Waals surface area contributed by atoms with Gasteiger partial charge in [0.1, 0.15) is 16.8 Å². The molecule has 0 saturated heterocycles. The molecule has 0 unspecified atom stereocenters. The average molecular weight is 547 g/mol. The van der Waals surface area contributed by atoms with Crippen LogP contribution in [-0.2, 0) is 14.8 Å². The molecule has 0 atom stereocenters. The van der Waals surface area contributed by atoms with Crippen molar-refractivity contribution < 1.29 is 17.9 Å². The molecule has 192 valence electrons. The number of hydrogen-bond donors (Lipinski definition) is 2. The summed E-state index contributed by atoms with van der Waals surface area (Å²) in [6, 6.07) is 20.2. The number of aryl methyl sites for hydroxylation is 1. The van der Waals surface area contributed by atoms with E-state index in [1.54, 1.807) is 32.2 Å². The van der Waals surface area contributed by atoms with Crippen molar-refractivity contribution in [3.63, 3.8) is 0 Å². The molecular formula is C26H22N6O4S2. The van der Waals surface area contributed by atoms with E-state index in [4.69, 9.17) is 4.74 Å². The highest BCUT2D eigenvalue weighted by molar-refractivity contribution is 8.00. The van der Waals surface area contributed by atoms with E-state index in [-0.39, 0.29) is 22.5 Å². The number of nitriles is 1. The van der Waals surface area contributed by atoms with Gasteiger partial charge in [-0.25, -0.2) is 28.1 Å². The summed E-state index contributed by atoms with van der Waals surface area (Å²) in [5.74, 6) is 0.356. The number of carbonyl (C=O) groups excluding carboxylic acids is 1. The fourth-order valence-electron chi connectivity index (χ4n) is 3.28. The third-order valence-corrected chi connectivity index (χ3v) is 7.51. The normalized spacial score (nSPS) is 10.9. The van der Waals surface area contributed by atoms with E-state index in [0.29, 0.717) is 27.7 Å². The van der Waals surface area contributed by atoms with Gasteiger partial charge in [-0.2, -0.15) is 5.26 Å². The van der Waals surface area contributed by atoms with Crippen molar-refractivity contribution in [2.45, 2.75) is 16.8 Å². The summed E-state index contributed by atoms with van der Waals surface area (Å²) in [7, 11) is -2.31. The van der Waals surface area contributed by atoms with Crippen molar-refractivity contribution in [3.8, 4) is 23.1 Å². The molecule has 2 heterocycles. The molecular weight excluding hydrogens is 524 g/mol. The number of amides is 1. The number of aromatic nitrogens is 3. The van der Waals surface area contributed by atoms with Crippen molar-refractivity contribution in [1.29, 1.82) is 5.26 Å². The number of thioether (sulfide) groups is 1. The van der Waals surface area contributed by atoms with E-state index in [1.807, 2.05) is 24.3 Å². The number of nitrogens with zero attached hydrogens (tertiary/aromatic N) is 4. The summed E-state index contributed by atoms with van der Waals surface area (Å²) in [5, 5.41) is 12.6. The van der Waals surface area contributed by atoms with Gasteiger partial charge in [0.2, 0.25) is 11.9 Å². The lowest BCUT2D eigenvalue weighted by Gasteiger charge is -2.09. The second kappa shape index (κ2) is 11.7. The number of hydrogen-bond acceptors (Lipinski definition) is 9. The Morgan fingerprint density at radius 3 is 2.42 bits per heavy atom. The summed E-state index contributed by atoms with van der Waals surface area (Å²) in [4.78, 5) is 25.1. The number of ether oxygens (including phenoxy) is 1. The zero-order valence-electron chi connectivity index (χ0n) is 20.4. The predicted octanol–water partition coefficient (Wildman–Crippen LogP) is 4.26. The predicted molar refractivity (Wildman–Crippen MR) is 144 cm³/mol. The summed E-state index contributed by atoms with van der Waals surface area (Å²) < 4.78 is 32.7. The second-order valence-corrected chi connectivity index (χ2v) is 10.5. The van der Waals surface area contributed by atoms with Gasteiger partial charge in [0.25, 0.3) is 10.0 Å². The maximum absolute atomic E-state index is 12.6. The first kappa shape index (κ1) is 26.6. The lowest BCUT2D eigenvalue weighted by Crippen LogP contribution is -2.16. The van der Waals surface area contributed by atoms with Gasteiger partial charge in [-0.05, 0) is 73.7 Å². The minimum atomic E-state index is -3.90. The molecule has 38 heavy (non-hydrogen) atoms. The van der Waals surface area contributed by atoms with Crippen molar-refractivity contribution in [2.24, 2.45) is 0 Å². The van der Waals surface area contributed by atoms with Crippen LogP contribution in [0.1, 0.15) is 11.3 Å². The molecule has 4 aromatic rings. The Morgan fingerprint density at radius 1 is 1.03 bits per heavy atom. The van der Waals surface area contributed by atoms with Gasteiger partial charge in [0, 0.05) is 23.1 Å². The lowest BCUT2D eigenvalue weighted by molar-refractivity contribution is -0.113. The fraction of sp³-hybridized carbons (Fsp3) is 0.115. The summed E-state index contributed by atoms with van der Waals surface area (Å²) in [6.07, 6.45) is 1.46. The topological polar surface area (TPSA) is 147 Å². The van der Waals surface area contributed by atoms with E-state index in [1.165, 1.54) is 30.5 Å². The van der Waals surface area contributed by atoms with Crippen molar-refractivity contribution in [1.82, 2.24) is 15.0 Å². The molecule has 1 amide bonds. The van der Waals surface area contributed by atoms with E-state index in [0.717, 1.165) is 23.1 Å². The highest BCUT2D eigenvalue weighted by Crippen LogP contribution is 2.27. The average Bonchev–Trinajstić information content (AvgIpc) is 2.92. The highest BCUT2D eigenvalue weighted by Gasteiger charge is 2.16. The molecule has 0 fully saturated rings. The van der Waals surface area contributed by atoms with Crippen LogP contribution in [0.5, 0.6) is 5.75 Å². The number of methoxy groups -OCH3 is 1. The SMILES string of the molecule is COc1ccc(-c2ccc(C#N)c(SCC(=O)Nc3ccc(S(=O)(=O)Nc4nccc(C)n4)cc3)n2)cc1. The molecule has 0 aliphatic rings. The van der Waals surface area contributed by atoms with Crippen LogP contribution >= 0.6 is 11.8 Å². The third kappa shape index (κ3) is 6.64. The molecule has 2 N–H and O–H groups in total. The summed E-state index contributed by atoms with van der Waals surface area (Å²) >= 11 is 1.14. The Bertz CT molecular complexity index is 1600. The number of sulfonamides is 1. The minimum absolute atomic E-state index is 0.0000482. The molecule has 0 spiro atoms. The Kier molecular flexibility index (Phi) is 8.20. The van der Waals surface area contributed by atoms with Crippen molar-refractivity contribution >= 4 is 39.3 Å². The number of rotatable bonds is 9. The number of pyridine rings is 1. The number of anilines is 2. The lowest BCUT2D eigenvalue weighted by atomic mass is 10.1. The fourth-order valence-corrected chi connectivity index (χ4v) is 5.01. The highest BCUT2D eigenvalue weighted by atomic mass is 32.2. The van der Waals surface area contributed by atoms with E-state index >= 15 is 0 Å². The monoisotopic (exact) mass is 546 g/mol. The van der Waals surface area contributed by atoms with Crippen LogP contribution in [0.15, 0.2) is 82.8 Å². The Labute approximate surface area is 224 Å². The van der Waals surface area contributed by atoms with Gasteiger partial charge in [0.15, 0.2) is 0 Å². The molecule has 0 aliphatic heterocycles. The molecule has 0 radical (unpaired) electrons. The zero-order valence-corrected chi connectivity index (χ0v) is 22.0. The zero-order chi connectivity index (χ0) is 27.1. The standard InChI is InChI=1S/C26H22N6O4S2/c1-17-13-14-28-26(29-17)32-38(34,35)22-10-6-20(7-11-22)30-24(33)16-37-25-19(15-27)5-12-23(31-25)18-3-8-21(36-2)9-4-18/h3-14H,16H2,1-2H3,(H,30,33)(H,28,29,32). The van der Waals surface area contributed by atoms with Gasteiger partial charge < -0.3 is 10.1 Å². The quantitative estimate of drug-likeness (QED) is 0.294. The van der Waals surface area contributed by atoms with Crippen LogP contribution in [-0.4, -0.2) is 42.1 Å². The Morgan fingerprint density at radius 2 is 1.76 bits per heavy atom. The van der Waals surface area contributed by atoms with E-state index in [9.17, 15) is 18.5 Å². The summed E-state index contributed by atoms with van der Waals surface area (Å²) in [6.45, 7) is 1.73. The number of nitrogens with one attached hydrogen (secondary N) is 2. The van der Waals surface area contributed by atoms with Gasteiger partial charge in [-0.1, -0.05) is 11.8 Å². The van der Waals surface area contributed by atoms with Crippen LogP contribution in [0.4, 0.5) is 11.6 Å². The van der Waals surface area contributed by atoms with Gasteiger partial charge in [-0.15, -0.1) is 0 Å². The van der Waals surface area contributed by atoms with Gasteiger partial charge in [0.05, 0.1) is 29.0 Å². The largest absolute Gasteiger partial charge is 0.497 e. The van der Waals surface area contributed by atoms with Crippen molar-refractivity contribution in [2.75, 3.05) is 22.9 Å². The third-order valence-electron chi connectivity index (χ3n) is 5.18. The van der Waals surface area contributed by atoms with Crippen LogP contribution in [0.25, 0.3) is 11.3 Å². The van der Waals surface area contributed by atoms with Gasteiger partial charge in [-0.3, -0.25) is 4.79 Å². The van der Waals surface area contributed by atoms with Crippen LogP contribution < -0.4 is 14.8 Å². The smallest absolute Gasteiger partial charge is 0.264 e. The van der Waals surface area contributed by atoms with Crippen molar-refractivity contribution in [3.05, 3.63) is 84.2 Å². The van der Waals surface area contributed by atoms with Gasteiger partial charge >= 0.3 is 0 Å². The first-order chi connectivity index (χ1) is 18.3. The maximum Gasteiger partial charge on any atom is 0.264 e. The Hall–Kier alpha value is -4.47. The molecule has 10 nitrogen and oxygen atoms in total. The molecule has 12 heteroatoms. The maximum atomic E-state index is 12.6. The van der Waals surface area contributed by atoms with E-state index in [2.05, 4.69) is 31.1 Å². The van der Waals surface area contributed by atoms with E-state index < -0.39 is 10.0 Å². The molecule has 2 aromatic heterocycles. The van der Waals surface area contributed by atoms with Crippen LogP contribution in [0, 0.1) is 18.3 Å². The summed E-state index contributed by atoms with van der Waals surface area (Å²) in [5.41, 5.74) is 2.91. The number of carbonyl (C=O) groups is 1. The second-order valence-electron chi connectivity index (χ2n) is 7.88. The molecule has 2 aromatic carbocycles. The molecule has 0 saturated carbocycles. The molecule has 0 bridgehead atoms. The number of benzene rings is 2. The molecule has 0 aliphatic carbocycles. The Balaban J connectivity index is 1.39. The minimum Gasteiger partial charge on any atom is -0.497 e. The first-order valence-corrected chi connectivity index (χ1v) is 13.6. The molecule has 4 rings (SSSR count). The van der Waals surface area contributed by atoms with Crippen LogP contribution in [0.2, 0.25) is 0 Å².